The predicted molar refractivity (Wildman–Crippen MR) is 91.6 cm³/mol. The summed E-state index contributed by atoms with van der Waals surface area (Å²) >= 11 is 0. The quantitative estimate of drug-likeness (QED) is 0.813. The van der Waals surface area contributed by atoms with Gasteiger partial charge in [-0.05, 0) is 26.0 Å². The summed E-state index contributed by atoms with van der Waals surface area (Å²) in [5.74, 6) is -0.346. The summed E-state index contributed by atoms with van der Waals surface area (Å²) in [6.45, 7) is 4.90. The zero-order valence-electron chi connectivity index (χ0n) is 14.0. The third kappa shape index (κ3) is 4.18. The molecular weight excluding hydrogens is 308 g/mol. The van der Waals surface area contributed by atoms with E-state index in [4.69, 9.17) is 0 Å². The van der Waals surface area contributed by atoms with Gasteiger partial charge in [0.15, 0.2) is 0 Å². The van der Waals surface area contributed by atoms with Gasteiger partial charge >= 0.3 is 0 Å². The van der Waals surface area contributed by atoms with Gasteiger partial charge in [0.2, 0.25) is 11.8 Å². The molecule has 0 aliphatic heterocycles. The van der Waals surface area contributed by atoms with Crippen LogP contribution < -0.4 is 10.9 Å². The molecule has 1 aromatic heterocycles. The molecule has 0 saturated carbocycles. The molecule has 0 atom stereocenters. The van der Waals surface area contributed by atoms with E-state index in [1.165, 1.54) is 15.8 Å². The van der Waals surface area contributed by atoms with Crippen LogP contribution in [0.5, 0.6) is 0 Å². The minimum absolute atomic E-state index is 0.0358. The van der Waals surface area contributed by atoms with Gasteiger partial charge in [-0.25, -0.2) is 4.98 Å². The summed E-state index contributed by atoms with van der Waals surface area (Å²) < 4.78 is 1.43. The van der Waals surface area contributed by atoms with E-state index in [2.05, 4.69) is 10.3 Å². The van der Waals surface area contributed by atoms with E-state index in [9.17, 15) is 14.4 Å². The molecule has 0 unspecified atom stereocenters. The van der Waals surface area contributed by atoms with Crippen LogP contribution in [0.25, 0.3) is 10.9 Å². The van der Waals surface area contributed by atoms with Gasteiger partial charge in [0, 0.05) is 26.1 Å². The number of amides is 2. The molecule has 0 aliphatic rings. The number of para-hydroxylation sites is 1. The number of nitrogens with zero attached hydrogens (tertiary/aromatic N) is 3. The molecule has 2 rings (SSSR count). The van der Waals surface area contributed by atoms with Crippen LogP contribution in [0.1, 0.15) is 20.3 Å². The maximum Gasteiger partial charge on any atom is 0.261 e. The number of rotatable bonds is 7. The third-order valence-electron chi connectivity index (χ3n) is 3.74. The summed E-state index contributed by atoms with van der Waals surface area (Å²) in [5.41, 5.74) is 0.469. The zero-order valence-corrected chi connectivity index (χ0v) is 14.0. The molecule has 2 amide bonds. The lowest BCUT2D eigenvalue weighted by atomic mass is 10.2. The molecule has 0 saturated heterocycles. The maximum absolute atomic E-state index is 12.4. The standard InChI is InChI=1S/C17H22N4O3/c1-3-18-15(22)11-20(4-2)16(23)9-10-21-12-19-14-8-6-5-7-13(14)17(21)24/h5-8,12H,3-4,9-11H2,1-2H3,(H,18,22). The average Bonchev–Trinajstić information content (AvgIpc) is 2.59. The first-order chi connectivity index (χ1) is 11.6. The van der Waals surface area contributed by atoms with Crippen LogP contribution >= 0.6 is 0 Å². The fourth-order valence-corrected chi connectivity index (χ4v) is 2.44. The third-order valence-corrected chi connectivity index (χ3v) is 3.74. The fraction of sp³-hybridized carbons (Fsp3) is 0.412. The van der Waals surface area contributed by atoms with Gasteiger partial charge in [0.1, 0.15) is 0 Å². The van der Waals surface area contributed by atoms with Crippen molar-refractivity contribution in [3.05, 3.63) is 40.9 Å². The van der Waals surface area contributed by atoms with Crippen molar-refractivity contribution in [3.8, 4) is 0 Å². The largest absolute Gasteiger partial charge is 0.355 e. The second kappa shape index (κ2) is 8.24. The van der Waals surface area contributed by atoms with Gasteiger partial charge in [-0.1, -0.05) is 12.1 Å². The van der Waals surface area contributed by atoms with Crippen molar-refractivity contribution in [2.75, 3.05) is 19.6 Å². The Balaban J connectivity index is 2.04. The zero-order chi connectivity index (χ0) is 17.5. The molecular formula is C17H22N4O3. The molecule has 0 fully saturated rings. The first-order valence-corrected chi connectivity index (χ1v) is 8.05. The number of aromatic nitrogens is 2. The lowest BCUT2D eigenvalue weighted by Gasteiger charge is -2.20. The van der Waals surface area contributed by atoms with E-state index in [-0.39, 0.29) is 36.9 Å². The number of likely N-dealkylation sites (N-methyl/N-ethyl adjacent to an activating group) is 2. The van der Waals surface area contributed by atoms with E-state index in [0.29, 0.717) is 24.0 Å². The Morgan fingerprint density at radius 3 is 2.71 bits per heavy atom. The van der Waals surface area contributed by atoms with Gasteiger partial charge in [-0.2, -0.15) is 0 Å². The second-order valence-corrected chi connectivity index (χ2v) is 5.37. The van der Waals surface area contributed by atoms with Gasteiger partial charge in [0.05, 0.1) is 23.8 Å². The Morgan fingerprint density at radius 1 is 1.25 bits per heavy atom. The van der Waals surface area contributed by atoms with E-state index in [1.54, 1.807) is 18.2 Å². The number of hydrogen-bond acceptors (Lipinski definition) is 4. The van der Waals surface area contributed by atoms with Crippen LogP contribution in [0.15, 0.2) is 35.4 Å². The molecule has 2 aromatic rings. The number of hydrogen-bond donors (Lipinski definition) is 1. The highest BCUT2D eigenvalue weighted by Crippen LogP contribution is 2.05. The average molecular weight is 330 g/mol. The number of carbonyl (C=O) groups is 2. The van der Waals surface area contributed by atoms with Gasteiger partial charge in [-0.3, -0.25) is 19.0 Å². The van der Waals surface area contributed by atoms with Crippen LogP contribution in [-0.2, 0) is 16.1 Å². The van der Waals surface area contributed by atoms with Crippen molar-refractivity contribution in [3.63, 3.8) is 0 Å². The van der Waals surface area contributed by atoms with Crippen molar-refractivity contribution in [2.45, 2.75) is 26.8 Å². The molecule has 0 radical (unpaired) electrons. The van der Waals surface area contributed by atoms with Crippen LogP contribution in [-0.4, -0.2) is 45.9 Å². The summed E-state index contributed by atoms with van der Waals surface area (Å²) in [7, 11) is 0. The van der Waals surface area contributed by atoms with Gasteiger partial charge in [-0.15, -0.1) is 0 Å². The number of benzene rings is 1. The van der Waals surface area contributed by atoms with Crippen LogP contribution in [0.3, 0.4) is 0 Å². The number of nitrogens with one attached hydrogen (secondary N) is 1. The maximum atomic E-state index is 12.4. The highest BCUT2D eigenvalue weighted by Gasteiger charge is 2.15. The second-order valence-electron chi connectivity index (χ2n) is 5.37. The first kappa shape index (κ1) is 17.7. The minimum Gasteiger partial charge on any atom is -0.355 e. The van der Waals surface area contributed by atoms with Crippen LogP contribution in [0.2, 0.25) is 0 Å². The highest BCUT2D eigenvalue weighted by atomic mass is 16.2. The Labute approximate surface area is 140 Å². The smallest absolute Gasteiger partial charge is 0.261 e. The number of carbonyl (C=O) groups excluding carboxylic acids is 2. The summed E-state index contributed by atoms with van der Waals surface area (Å²) in [5, 5.41) is 3.20. The SMILES string of the molecule is CCNC(=O)CN(CC)C(=O)CCn1cnc2ccccc2c1=O. The molecule has 0 spiro atoms. The molecule has 0 aliphatic carbocycles. The van der Waals surface area contributed by atoms with Crippen molar-refractivity contribution >= 4 is 22.7 Å². The fourth-order valence-electron chi connectivity index (χ4n) is 2.44. The monoisotopic (exact) mass is 330 g/mol. The number of fused-ring (bicyclic) bond motifs is 1. The van der Waals surface area contributed by atoms with Gasteiger partial charge < -0.3 is 10.2 Å². The van der Waals surface area contributed by atoms with Crippen molar-refractivity contribution in [1.29, 1.82) is 0 Å². The van der Waals surface area contributed by atoms with E-state index >= 15 is 0 Å². The van der Waals surface area contributed by atoms with Crippen molar-refractivity contribution in [2.24, 2.45) is 0 Å². The van der Waals surface area contributed by atoms with Crippen molar-refractivity contribution in [1.82, 2.24) is 19.8 Å². The molecule has 1 aromatic carbocycles. The van der Waals surface area contributed by atoms with Gasteiger partial charge in [0.25, 0.3) is 5.56 Å². The first-order valence-electron chi connectivity index (χ1n) is 8.05. The van der Waals surface area contributed by atoms with E-state index < -0.39 is 0 Å². The number of aryl methyl sites for hydroxylation is 1. The molecule has 0 bridgehead atoms. The molecule has 1 heterocycles. The Kier molecular flexibility index (Phi) is 6.06. The summed E-state index contributed by atoms with van der Waals surface area (Å²) in [6, 6.07) is 7.10. The van der Waals surface area contributed by atoms with Crippen LogP contribution in [0, 0.1) is 0 Å². The highest BCUT2D eigenvalue weighted by molar-refractivity contribution is 5.84. The summed E-state index contributed by atoms with van der Waals surface area (Å²) in [6.07, 6.45) is 1.60. The Morgan fingerprint density at radius 2 is 2.00 bits per heavy atom. The van der Waals surface area contributed by atoms with E-state index in [1.807, 2.05) is 19.9 Å². The van der Waals surface area contributed by atoms with Crippen molar-refractivity contribution < 1.29 is 9.59 Å². The molecule has 24 heavy (non-hydrogen) atoms. The molecule has 128 valence electrons. The predicted octanol–water partition coefficient (Wildman–Crippen LogP) is 0.771. The molecule has 7 heteroatoms. The summed E-state index contributed by atoms with van der Waals surface area (Å²) in [4.78, 5) is 42.0. The van der Waals surface area contributed by atoms with Crippen LogP contribution in [0.4, 0.5) is 0 Å². The van der Waals surface area contributed by atoms with E-state index in [0.717, 1.165) is 0 Å². The Hall–Kier alpha value is -2.70. The lowest BCUT2D eigenvalue weighted by Crippen LogP contribution is -2.41. The molecule has 7 nitrogen and oxygen atoms in total. The molecule has 1 N–H and O–H groups in total. The Bertz CT molecular complexity index is 785. The lowest BCUT2D eigenvalue weighted by molar-refractivity contribution is -0.136. The normalized spacial score (nSPS) is 10.6. The topological polar surface area (TPSA) is 84.3 Å². The minimum atomic E-state index is -0.183.